The van der Waals surface area contributed by atoms with E-state index in [1.807, 2.05) is 30.3 Å². The Labute approximate surface area is 343 Å². The second-order valence-electron chi connectivity index (χ2n) is 13.2. The van der Waals surface area contributed by atoms with Gasteiger partial charge < -0.3 is 4.79 Å². The van der Waals surface area contributed by atoms with E-state index < -0.39 is 15.8 Å². The Morgan fingerprint density at radius 3 is 0.891 bits per heavy atom. The summed E-state index contributed by atoms with van der Waals surface area (Å²) in [6.07, 6.45) is 7.17. The zero-order chi connectivity index (χ0) is 37.2. The third-order valence-corrected chi connectivity index (χ3v) is 14.5. The van der Waals surface area contributed by atoms with Crippen molar-refractivity contribution in [3.63, 3.8) is 0 Å². The van der Waals surface area contributed by atoms with E-state index in [0.29, 0.717) is 5.92 Å². The monoisotopic (exact) mass is 839 g/mol. The van der Waals surface area contributed by atoms with Crippen LogP contribution < -0.4 is 31.8 Å². The minimum absolute atomic E-state index is 0. The number of carbonyl (C=O) groups excluding carboxylic acids is 1. The summed E-state index contributed by atoms with van der Waals surface area (Å²) in [6, 6.07) is 74.5. The van der Waals surface area contributed by atoms with Crippen LogP contribution in [-0.4, -0.2) is 6.29 Å². The molecule has 0 radical (unpaired) electrons. The molecule has 7 aromatic carbocycles. The van der Waals surface area contributed by atoms with Gasteiger partial charge in [-0.3, -0.25) is 0 Å². The molecule has 0 saturated heterocycles. The molecule has 8 rings (SSSR count). The van der Waals surface area contributed by atoms with E-state index in [1.54, 1.807) is 0 Å². The standard InChI is InChI=1S/2C18H15P.C15H17O.Ru/c2*1-4-10-16(11-5-1)19(17-12-6-2-7-13-17)18-14-8-3-9-15-18;1-12(13-7-5-6-8-13)15(11-16)14-9-3-2-4-10-14;/h2*1-15H;2-4,9-10,13H,5-8H2,1H3;/q;;-1;+2/b;;15-12+;. The Balaban J connectivity index is 0.000000158. The molecule has 0 spiro atoms. The Hall–Kier alpha value is -4.57. The minimum Gasteiger partial charge on any atom is -0.376 e. The first-order valence-electron chi connectivity index (χ1n) is 18.8. The van der Waals surface area contributed by atoms with Crippen molar-refractivity contribution in [2.45, 2.75) is 32.6 Å². The van der Waals surface area contributed by atoms with Gasteiger partial charge in [-0.15, -0.1) is 23.3 Å². The fourth-order valence-corrected chi connectivity index (χ4v) is 11.5. The Kier molecular flexibility index (Phi) is 17.2. The zero-order valence-corrected chi connectivity index (χ0v) is 34.8. The average molecular weight is 839 g/mol. The second-order valence-corrected chi connectivity index (χ2v) is 17.6. The molecule has 1 aliphatic rings. The van der Waals surface area contributed by atoms with Crippen LogP contribution in [0.5, 0.6) is 0 Å². The van der Waals surface area contributed by atoms with Crippen molar-refractivity contribution in [1.82, 2.24) is 0 Å². The zero-order valence-electron chi connectivity index (χ0n) is 31.3. The number of hydrogen-bond acceptors (Lipinski definition) is 1. The quantitative estimate of drug-likeness (QED) is 0.0613. The van der Waals surface area contributed by atoms with Gasteiger partial charge in [0.25, 0.3) is 0 Å². The van der Waals surface area contributed by atoms with E-state index in [2.05, 4.69) is 195 Å². The Morgan fingerprint density at radius 2 is 0.655 bits per heavy atom. The normalized spacial score (nSPS) is 12.6. The van der Waals surface area contributed by atoms with Gasteiger partial charge in [-0.2, -0.15) is 5.57 Å². The van der Waals surface area contributed by atoms with Crippen molar-refractivity contribution in [1.29, 1.82) is 0 Å². The van der Waals surface area contributed by atoms with Crippen molar-refractivity contribution < 1.29 is 24.3 Å². The van der Waals surface area contributed by atoms with Crippen molar-refractivity contribution in [2.75, 3.05) is 0 Å². The molecule has 7 aromatic rings. The van der Waals surface area contributed by atoms with Crippen molar-refractivity contribution in [3.05, 3.63) is 223 Å². The van der Waals surface area contributed by atoms with Crippen LogP contribution in [-0.2, 0) is 24.3 Å². The maximum Gasteiger partial charge on any atom is 2.00 e. The number of allylic oxidation sites excluding steroid dienone is 2. The summed E-state index contributed by atoms with van der Waals surface area (Å²) in [5.41, 5.74) is 2.99. The molecule has 0 aromatic heterocycles. The van der Waals surface area contributed by atoms with Crippen LogP contribution in [0.15, 0.2) is 218 Å². The predicted octanol–water partition coefficient (Wildman–Crippen LogP) is 10.6. The molecule has 0 aliphatic heterocycles. The molecular formula is C51H47OP2Ru+. The third kappa shape index (κ3) is 12.0. The van der Waals surface area contributed by atoms with Crippen LogP contribution in [0.2, 0.25) is 0 Å². The first-order chi connectivity index (χ1) is 26.7. The molecule has 0 bridgehead atoms. The van der Waals surface area contributed by atoms with E-state index in [0.717, 1.165) is 11.1 Å². The Bertz CT molecular complexity index is 1820. The summed E-state index contributed by atoms with van der Waals surface area (Å²) >= 11 is 0. The molecule has 0 N–H and O–H groups in total. The number of rotatable bonds is 9. The van der Waals surface area contributed by atoms with Gasteiger partial charge >= 0.3 is 19.5 Å². The first-order valence-corrected chi connectivity index (χ1v) is 21.5. The largest absolute Gasteiger partial charge is 2.00 e. The van der Waals surface area contributed by atoms with E-state index in [9.17, 15) is 4.79 Å². The van der Waals surface area contributed by atoms with Crippen LogP contribution in [0, 0.1) is 5.92 Å². The van der Waals surface area contributed by atoms with Crippen LogP contribution in [0.1, 0.15) is 38.2 Å². The summed E-state index contributed by atoms with van der Waals surface area (Å²) in [5, 5.41) is 8.39. The van der Waals surface area contributed by atoms with Gasteiger partial charge in [0.1, 0.15) is 0 Å². The summed E-state index contributed by atoms with van der Waals surface area (Å²) < 4.78 is 0. The van der Waals surface area contributed by atoms with Crippen LogP contribution in [0.4, 0.5) is 0 Å². The summed E-state index contributed by atoms with van der Waals surface area (Å²) in [5.74, 6) is 0.594. The summed E-state index contributed by atoms with van der Waals surface area (Å²) in [6.45, 7) is 2.09. The molecule has 0 amide bonds. The van der Waals surface area contributed by atoms with Gasteiger partial charge in [-0.05, 0) is 47.7 Å². The molecule has 0 heterocycles. The van der Waals surface area contributed by atoms with Crippen LogP contribution in [0.3, 0.4) is 0 Å². The molecular weight excluding hydrogens is 792 g/mol. The van der Waals surface area contributed by atoms with Gasteiger partial charge in [0.05, 0.1) is 6.29 Å². The molecule has 0 unspecified atom stereocenters. The average Bonchev–Trinajstić information content (AvgIpc) is 3.81. The van der Waals surface area contributed by atoms with Gasteiger partial charge in [-0.25, -0.2) is 0 Å². The van der Waals surface area contributed by atoms with Gasteiger partial charge in [0.2, 0.25) is 0 Å². The van der Waals surface area contributed by atoms with Crippen molar-refractivity contribution >= 4 is 59.5 Å². The van der Waals surface area contributed by atoms with Crippen LogP contribution in [0.25, 0.3) is 5.57 Å². The fraction of sp³-hybridized carbons (Fsp3) is 0.118. The molecule has 1 nitrogen and oxygen atoms in total. The summed E-state index contributed by atoms with van der Waals surface area (Å²) in [7, 11) is -0.892. The number of hydrogen-bond donors (Lipinski definition) is 0. The molecule has 1 aliphatic carbocycles. The molecule has 1 saturated carbocycles. The maximum atomic E-state index is 11.1. The fourth-order valence-electron chi connectivity index (χ4n) is 6.89. The molecule has 4 heteroatoms. The van der Waals surface area contributed by atoms with E-state index in [4.69, 9.17) is 0 Å². The van der Waals surface area contributed by atoms with Gasteiger partial charge in [0, 0.05) is 0 Å². The maximum absolute atomic E-state index is 11.1. The van der Waals surface area contributed by atoms with Crippen molar-refractivity contribution in [3.8, 4) is 0 Å². The smallest absolute Gasteiger partial charge is 0.376 e. The second kappa shape index (κ2) is 22.7. The third-order valence-electron chi connectivity index (χ3n) is 9.61. The Morgan fingerprint density at radius 1 is 0.418 bits per heavy atom. The van der Waals surface area contributed by atoms with Gasteiger partial charge in [0.15, 0.2) is 0 Å². The molecule has 55 heavy (non-hydrogen) atoms. The predicted molar refractivity (Wildman–Crippen MR) is 237 cm³/mol. The van der Waals surface area contributed by atoms with E-state index in [-0.39, 0.29) is 19.5 Å². The molecule has 0 atom stereocenters. The SMILES string of the molecule is C/C(=C(/[C-]=O)c1ccccc1)C1CCCC1.[Ru+2].c1ccc(P(c2ccccc2)c2ccccc2)cc1.c1ccc(P(c2ccccc2)c2ccccc2)cc1. The van der Waals surface area contributed by atoms with E-state index >= 15 is 0 Å². The number of benzene rings is 7. The van der Waals surface area contributed by atoms with Crippen molar-refractivity contribution in [2.24, 2.45) is 5.92 Å². The molecule has 1 fully saturated rings. The topological polar surface area (TPSA) is 17.1 Å². The van der Waals surface area contributed by atoms with Gasteiger partial charge in [-0.1, -0.05) is 239 Å². The summed E-state index contributed by atoms with van der Waals surface area (Å²) in [4.78, 5) is 11.1. The minimum atomic E-state index is -0.446. The van der Waals surface area contributed by atoms with E-state index in [1.165, 1.54) is 63.1 Å². The molecule has 274 valence electrons. The first kappa shape index (κ1) is 41.6. The van der Waals surface area contributed by atoms with Crippen LogP contribution >= 0.6 is 15.8 Å².